The quantitative estimate of drug-likeness (QED) is 0.796. The van der Waals surface area contributed by atoms with Crippen LogP contribution < -0.4 is 0 Å². The highest BCUT2D eigenvalue weighted by molar-refractivity contribution is 8.00. The second-order valence-corrected chi connectivity index (χ2v) is 5.87. The van der Waals surface area contributed by atoms with E-state index < -0.39 is 0 Å². The Bertz CT molecular complexity index is 570. The largest absolute Gasteiger partial charge is 0.336 e. The summed E-state index contributed by atoms with van der Waals surface area (Å²) >= 11 is 1.65. The summed E-state index contributed by atoms with van der Waals surface area (Å²) in [6.45, 7) is 0. The fraction of sp³-hybridized carbons (Fsp3) is 0.188. The number of hydrogen-bond donors (Lipinski definition) is 0. The maximum atomic E-state index is 12.1. The SMILES string of the molecule is CN1C(=O)[C@H](Sc2ccccc2)[C@@H]1c1ccccc1. The van der Waals surface area contributed by atoms with E-state index in [0.717, 1.165) is 4.90 Å². The zero-order valence-electron chi connectivity index (χ0n) is 10.7. The summed E-state index contributed by atoms with van der Waals surface area (Å²) < 4.78 is 0. The topological polar surface area (TPSA) is 20.3 Å². The van der Waals surface area contributed by atoms with Crippen LogP contribution in [0.2, 0.25) is 0 Å². The van der Waals surface area contributed by atoms with Gasteiger partial charge in [0.25, 0.3) is 0 Å². The third-order valence-corrected chi connectivity index (χ3v) is 4.70. The highest BCUT2D eigenvalue weighted by atomic mass is 32.2. The Balaban J connectivity index is 1.82. The van der Waals surface area contributed by atoms with Crippen molar-refractivity contribution in [1.29, 1.82) is 0 Å². The highest BCUT2D eigenvalue weighted by Gasteiger charge is 2.46. The Kier molecular flexibility index (Phi) is 3.30. The van der Waals surface area contributed by atoms with Gasteiger partial charge in [0.2, 0.25) is 5.91 Å². The minimum Gasteiger partial charge on any atom is -0.336 e. The van der Waals surface area contributed by atoms with Crippen LogP contribution >= 0.6 is 11.8 Å². The Morgan fingerprint density at radius 1 is 0.947 bits per heavy atom. The zero-order valence-corrected chi connectivity index (χ0v) is 11.5. The average molecular weight is 269 g/mol. The van der Waals surface area contributed by atoms with Gasteiger partial charge in [-0.05, 0) is 17.7 Å². The minimum atomic E-state index is -0.00481. The molecule has 0 spiro atoms. The molecular formula is C16H15NOS. The summed E-state index contributed by atoms with van der Waals surface area (Å²) in [6, 6.07) is 20.5. The molecule has 1 aliphatic heterocycles. The number of carbonyl (C=O) groups is 1. The summed E-state index contributed by atoms with van der Waals surface area (Å²) in [4.78, 5) is 15.0. The molecule has 1 saturated heterocycles. The second kappa shape index (κ2) is 5.10. The third kappa shape index (κ3) is 2.26. The Labute approximate surface area is 117 Å². The van der Waals surface area contributed by atoms with Gasteiger partial charge >= 0.3 is 0 Å². The molecule has 2 aromatic carbocycles. The lowest BCUT2D eigenvalue weighted by Crippen LogP contribution is -2.54. The van der Waals surface area contributed by atoms with Crippen molar-refractivity contribution in [3.8, 4) is 0 Å². The van der Waals surface area contributed by atoms with Crippen molar-refractivity contribution in [2.45, 2.75) is 16.2 Å². The number of likely N-dealkylation sites (tertiary alicyclic amines) is 1. The standard InChI is InChI=1S/C16H15NOS/c1-17-14(12-8-4-2-5-9-12)15(16(17)18)19-13-10-6-3-7-11-13/h2-11,14-15H,1H3/t14-,15+/m0/s1. The molecule has 0 aromatic heterocycles. The number of hydrogen-bond acceptors (Lipinski definition) is 2. The first-order valence-electron chi connectivity index (χ1n) is 6.31. The smallest absolute Gasteiger partial charge is 0.238 e. The van der Waals surface area contributed by atoms with Crippen LogP contribution in [0.3, 0.4) is 0 Å². The molecular weight excluding hydrogens is 254 g/mol. The molecule has 2 nitrogen and oxygen atoms in total. The van der Waals surface area contributed by atoms with Crippen LogP contribution in [0.25, 0.3) is 0 Å². The molecule has 0 N–H and O–H groups in total. The van der Waals surface area contributed by atoms with E-state index in [4.69, 9.17) is 0 Å². The Morgan fingerprint density at radius 2 is 1.53 bits per heavy atom. The molecule has 0 aliphatic carbocycles. The number of amides is 1. The number of nitrogens with zero attached hydrogens (tertiary/aromatic N) is 1. The number of carbonyl (C=O) groups excluding carboxylic acids is 1. The first-order valence-corrected chi connectivity index (χ1v) is 7.18. The van der Waals surface area contributed by atoms with Gasteiger partial charge in [-0.15, -0.1) is 11.8 Å². The molecule has 96 valence electrons. The predicted octanol–water partition coefficient (Wildman–Crippen LogP) is 3.36. The summed E-state index contributed by atoms with van der Waals surface area (Å²) in [5.74, 6) is 0.211. The number of β-lactam (4-membered cyclic amide) rings is 1. The van der Waals surface area contributed by atoms with Crippen LogP contribution in [0, 0.1) is 0 Å². The van der Waals surface area contributed by atoms with Crippen LogP contribution in [-0.2, 0) is 4.79 Å². The molecule has 1 heterocycles. The number of benzene rings is 2. The lowest BCUT2D eigenvalue weighted by molar-refractivity contribution is -0.142. The number of rotatable bonds is 3. The Morgan fingerprint density at radius 3 is 2.16 bits per heavy atom. The van der Waals surface area contributed by atoms with Crippen molar-refractivity contribution < 1.29 is 4.79 Å². The zero-order chi connectivity index (χ0) is 13.2. The third-order valence-electron chi connectivity index (χ3n) is 3.44. The van der Waals surface area contributed by atoms with Gasteiger partial charge in [-0.2, -0.15) is 0 Å². The molecule has 1 fully saturated rings. The molecule has 0 radical (unpaired) electrons. The summed E-state index contributed by atoms with van der Waals surface area (Å²) in [5, 5.41) is -0.00481. The molecule has 3 rings (SSSR count). The van der Waals surface area contributed by atoms with Gasteiger partial charge < -0.3 is 4.90 Å². The van der Waals surface area contributed by atoms with Crippen LogP contribution in [0.5, 0.6) is 0 Å². The molecule has 1 aliphatic rings. The van der Waals surface area contributed by atoms with Crippen LogP contribution in [0.15, 0.2) is 65.6 Å². The molecule has 2 atom stereocenters. The van der Waals surface area contributed by atoms with E-state index in [1.165, 1.54) is 5.56 Å². The molecule has 19 heavy (non-hydrogen) atoms. The molecule has 3 heteroatoms. The first kappa shape index (κ1) is 12.3. The van der Waals surface area contributed by atoms with Crippen LogP contribution in [0.1, 0.15) is 11.6 Å². The number of thioether (sulfide) groups is 1. The van der Waals surface area contributed by atoms with Gasteiger partial charge in [-0.25, -0.2) is 0 Å². The van der Waals surface area contributed by atoms with Crippen molar-refractivity contribution in [2.24, 2.45) is 0 Å². The van der Waals surface area contributed by atoms with Crippen molar-refractivity contribution in [3.05, 3.63) is 66.2 Å². The predicted molar refractivity (Wildman–Crippen MR) is 78.0 cm³/mol. The van der Waals surface area contributed by atoms with Gasteiger partial charge in [0.15, 0.2) is 0 Å². The Hall–Kier alpha value is -1.74. The lowest BCUT2D eigenvalue weighted by atomic mass is 9.94. The van der Waals surface area contributed by atoms with E-state index >= 15 is 0 Å². The van der Waals surface area contributed by atoms with Gasteiger partial charge in [-0.1, -0.05) is 48.5 Å². The normalized spacial score (nSPS) is 22.2. The van der Waals surface area contributed by atoms with E-state index in [1.54, 1.807) is 11.8 Å². The van der Waals surface area contributed by atoms with Crippen molar-refractivity contribution in [3.63, 3.8) is 0 Å². The van der Waals surface area contributed by atoms with E-state index in [1.807, 2.05) is 48.3 Å². The van der Waals surface area contributed by atoms with Crippen molar-refractivity contribution in [2.75, 3.05) is 7.05 Å². The first-order chi connectivity index (χ1) is 9.27. The van der Waals surface area contributed by atoms with E-state index in [2.05, 4.69) is 24.3 Å². The summed E-state index contributed by atoms with van der Waals surface area (Å²) in [5.41, 5.74) is 1.21. The fourth-order valence-corrected chi connectivity index (χ4v) is 3.75. The van der Waals surface area contributed by atoms with Gasteiger partial charge in [0.1, 0.15) is 5.25 Å². The van der Waals surface area contributed by atoms with Crippen molar-refractivity contribution in [1.82, 2.24) is 4.90 Å². The molecule has 1 amide bonds. The van der Waals surface area contributed by atoms with E-state index in [0.29, 0.717) is 0 Å². The molecule has 0 bridgehead atoms. The minimum absolute atomic E-state index is 0.00481. The fourth-order valence-electron chi connectivity index (χ4n) is 2.40. The maximum Gasteiger partial charge on any atom is 0.238 e. The molecule has 2 aromatic rings. The van der Waals surface area contributed by atoms with Gasteiger partial charge in [0.05, 0.1) is 6.04 Å². The highest BCUT2D eigenvalue weighted by Crippen LogP contribution is 2.43. The molecule has 0 saturated carbocycles. The maximum absolute atomic E-state index is 12.1. The van der Waals surface area contributed by atoms with E-state index in [9.17, 15) is 4.79 Å². The summed E-state index contributed by atoms with van der Waals surface area (Å²) in [7, 11) is 1.88. The molecule has 0 unspecified atom stereocenters. The van der Waals surface area contributed by atoms with Gasteiger partial charge in [-0.3, -0.25) is 4.79 Å². The van der Waals surface area contributed by atoms with Gasteiger partial charge in [0, 0.05) is 11.9 Å². The average Bonchev–Trinajstić information content (AvgIpc) is 2.48. The lowest BCUT2D eigenvalue weighted by Gasteiger charge is -2.44. The summed E-state index contributed by atoms with van der Waals surface area (Å²) in [6.07, 6.45) is 0. The van der Waals surface area contributed by atoms with Crippen molar-refractivity contribution >= 4 is 17.7 Å². The van der Waals surface area contributed by atoms with Crippen LogP contribution in [0.4, 0.5) is 0 Å². The monoisotopic (exact) mass is 269 g/mol. The van der Waals surface area contributed by atoms with E-state index in [-0.39, 0.29) is 17.2 Å². The van der Waals surface area contributed by atoms with Crippen LogP contribution in [-0.4, -0.2) is 23.1 Å². The second-order valence-electron chi connectivity index (χ2n) is 4.66.